The number of carbonyl (C=O) groups excluding carboxylic acids is 2. The van der Waals surface area contributed by atoms with Crippen LogP contribution >= 0.6 is 23.2 Å². The van der Waals surface area contributed by atoms with Crippen LogP contribution in [0.2, 0.25) is 10.0 Å². The maximum atomic E-state index is 14.0. The summed E-state index contributed by atoms with van der Waals surface area (Å²) in [6.45, 7) is 5.90. The third-order valence-electron chi connectivity index (χ3n) is 6.50. The third-order valence-corrected chi connectivity index (χ3v) is 9.03. The van der Waals surface area contributed by atoms with E-state index in [1.807, 2.05) is 0 Å². The molecular formula is C30H32Cl2F3N3O4S. The van der Waals surface area contributed by atoms with Crippen molar-refractivity contribution in [1.82, 2.24) is 10.2 Å². The number of rotatable bonds is 11. The van der Waals surface area contributed by atoms with Gasteiger partial charge in [0.1, 0.15) is 12.6 Å². The molecular weight excluding hydrogens is 626 g/mol. The highest BCUT2D eigenvalue weighted by Crippen LogP contribution is 2.33. The number of hydrogen-bond acceptors (Lipinski definition) is 4. The van der Waals surface area contributed by atoms with Crippen molar-refractivity contribution in [3.63, 3.8) is 0 Å². The minimum atomic E-state index is -4.76. The molecule has 0 saturated heterocycles. The summed E-state index contributed by atoms with van der Waals surface area (Å²) in [6, 6.07) is 12.8. The first-order valence-electron chi connectivity index (χ1n) is 13.3. The summed E-state index contributed by atoms with van der Waals surface area (Å²) in [5.41, 5.74) is -0.184. The lowest BCUT2D eigenvalue weighted by molar-refractivity contribution is -0.140. The Morgan fingerprint density at radius 1 is 0.953 bits per heavy atom. The van der Waals surface area contributed by atoms with Crippen molar-refractivity contribution in [3.8, 4) is 0 Å². The molecule has 232 valence electrons. The van der Waals surface area contributed by atoms with Crippen molar-refractivity contribution in [1.29, 1.82) is 0 Å². The van der Waals surface area contributed by atoms with Crippen molar-refractivity contribution >= 4 is 50.7 Å². The van der Waals surface area contributed by atoms with Crippen LogP contribution in [0.1, 0.15) is 43.9 Å². The van der Waals surface area contributed by atoms with Crippen LogP contribution in [0, 0.1) is 6.92 Å². The van der Waals surface area contributed by atoms with Crippen molar-refractivity contribution in [3.05, 3.63) is 93.5 Å². The van der Waals surface area contributed by atoms with E-state index in [2.05, 4.69) is 5.32 Å². The van der Waals surface area contributed by atoms with E-state index in [-0.39, 0.29) is 39.6 Å². The van der Waals surface area contributed by atoms with E-state index >= 15 is 0 Å². The second-order valence-electron chi connectivity index (χ2n) is 10.2. The fourth-order valence-electron chi connectivity index (χ4n) is 4.34. The second-order valence-corrected chi connectivity index (χ2v) is 12.9. The molecule has 0 unspecified atom stereocenters. The van der Waals surface area contributed by atoms with Crippen LogP contribution in [0.15, 0.2) is 71.6 Å². The van der Waals surface area contributed by atoms with E-state index in [1.54, 1.807) is 45.9 Å². The number of hydrogen-bond donors (Lipinski definition) is 1. The first kappa shape index (κ1) is 34.2. The maximum absolute atomic E-state index is 14.0. The molecule has 0 fully saturated rings. The molecule has 0 saturated carbocycles. The average Bonchev–Trinajstić information content (AvgIpc) is 2.92. The van der Waals surface area contributed by atoms with Crippen LogP contribution in [0.3, 0.4) is 0 Å². The van der Waals surface area contributed by atoms with E-state index in [4.69, 9.17) is 23.2 Å². The number of sulfonamides is 1. The molecule has 0 radical (unpaired) electrons. The first-order chi connectivity index (χ1) is 20.0. The van der Waals surface area contributed by atoms with Gasteiger partial charge in [-0.2, -0.15) is 13.2 Å². The van der Waals surface area contributed by atoms with Crippen LogP contribution in [0.5, 0.6) is 0 Å². The van der Waals surface area contributed by atoms with E-state index < -0.39 is 46.2 Å². The van der Waals surface area contributed by atoms with Gasteiger partial charge in [0.2, 0.25) is 11.8 Å². The molecule has 0 aliphatic carbocycles. The Morgan fingerprint density at radius 3 is 2.16 bits per heavy atom. The zero-order valence-corrected chi connectivity index (χ0v) is 26.3. The highest BCUT2D eigenvalue weighted by Gasteiger charge is 2.36. The molecule has 3 aromatic rings. The van der Waals surface area contributed by atoms with Crippen molar-refractivity contribution in [2.24, 2.45) is 0 Å². The lowest BCUT2D eigenvalue weighted by atomic mass is 10.1. The molecule has 1 atom stereocenters. The number of halogens is 5. The normalized spacial score (nSPS) is 12.6. The van der Waals surface area contributed by atoms with Gasteiger partial charge in [0, 0.05) is 12.6 Å². The summed E-state index contributed by atoms with van der Waals surface area (Å²) < 4.78 is 69.3. The predicted octanol–water partition coefficient (Wildman–Crippen LogP) is 6.85. The zero-order chi connectivity index (χ0) is 32.1. The van der Waals surface area contributed by atoms with E-state index in [1.165, 1.54) is 35.2 Å². The summed E-state index contributed by atoms with van der Waals surface area (Å²) in [5.74, 6) is -1.29. The number of carbonyl (C=O) groups is 2. The number of nitrogens with zero attached hydrogens (tertiary/aromatic N) is 2. The van der Waals surface area contributed by atoms with Crippen LogP contribution in [0.4, 0.5) is 18.9 Å². The highest BCUT2D eigenvalue weighted by atomic mass is 35.5. The molecule has 0 heterocycles. The smallest absolute Gasteiger partial charge is 0.352 e. The zero-order valence-electron chi connectivity index (χ0n) is 24.0. The third kappa shape index (κ3) is 8.64. The Balaban J connectivity index is 2.14. The van der Waals surface area contributed by atoms with Crippen LogP contribution in [-0.2, 0) is 32.3 Å². The number of amides is 2. The molecule has 3 rings (SSSR count). The van der Waals surface area contributed by atoms with Crippen molar-refractivity contribution in [2.75, 3.05) is 10.8 Å². The maximum Gasteiger partial charge on any atom is 0.416 e. The molecule has 0 bridgehead atoms. The quantitative estimate of drug-likeness (QED) is 0.244. The van der Waals surface area contributed by atoms with Crippen molar-refractivity contribution < 1.29 is 31.2 Å². The number of nitrogens with one attached hydrogen (secondary N) is 1. The summed E-state index contributed by atoms with van der Waals surface area (Å²) >= 11 is 12.2. The van der Waals surface area contributed by atoms with Crippen molar-refractivity contribution in [2.45, 2.75) is 63.8 Å². The van der Waals surface area contributed by atoms with Crippen LogP contribution in [-0.4, -0.2) is 43.8 Å². The van der Waals surface area contributed by atoms with Gasteiger partial charge in [0.05, 0.1) is 26.2 Å². The summed E-state index contributed by atoms with van der Waals surface area (Å²) in [6.07, 6.45) is -4.60. The highest BCUT2D eigenvalue weighted by molar-refractivity contribution is 7.92. The molecule has 3 aromatic carbocycles. The van der Waals surface area contributed by atoms with Gasteiger partial charge in [0.25, 0.3) is 10.0 Å². The van der Waals surface area contributed by atoms with Gasteiger partial charge >= 0.3 is 6.18 Å². The largest absolute Gasteiger partial charge is 0.416 e. The van der Waals surface area contributed by atoms with Gasteiger partial charge in [-0.05, 0) is 75.2 Å². The summed E-state index contributed by atoms with van der Waals surface area (Å²) in [7, 11) is -4.54. The molecule has 43 heavy (non-hydrogen) atoms. The summed E-state index contributed by atoms with van der Waals surface area (Å²) in [4.78, 5) is 28.2. The van der Waals surface area contributed by atoms with Gasteiger partial charge < -0.3 is 10.2 Å². The molecule has 2 amide bonds. The lowest BCUT2D eigenvalue weighted by Gasteiger charge is -2.33. The first-order valence-corrected chi connectivity index (χ1v) is 15.5. The van der Waals surface area contributed by atoms with E-state index in [0.29, 0.717) is 15.9 Å². The van der Waals surface area contributed by atoms with Crippen LogP contribution in [0.25, 0.3) is 0 Å². The topological polar surface area (TPSA) is 86.8 Å². The molecule has 7 nitrogen and oxygen atoms in total. The minimum Gasteiger partial charge on any atom is -0.352 e. The van der Waals surface area contributed by atoms with E-state index in [0.717, 1.165) is 17.7 Å². The van der Waals surface area contributed by atoms with E-state index in [9.17, 15) is 31.2 Å². The fourth-order valence-corrected chi connectivity index (χ4v) is 6.07. The minimum absolute atomic E-state index is 0.152. The SMILES string of the molecule is CC[C@@H](C(=O)NC(C)C)N(Cc1ccc(Cl)c(Cl)c1)C(=O)CN(c1cccc(C(F)(F)F)c1)S(=O)(=O)c1ccc(C)cc1. The molecule has 0 spiro atoms. The Labute approximate surface area is 259 Å². The second kappa shape index (κ2) is 14.0. The van der Waals surface area contributed by atoms with Gasteiger partial charge in [-0.3, -0.25) is 13.9 Å². The number of benzene rings is 3. The fraction of sp³-hybridized carbons (Fsp3) is 0.333. The Hall–Kier alpha value is -3.28. The van der Waals surface area contributed by atoms with Gasteiger partial charge in [-0.25, -0.2) is 8.42 Å². The lowest BCUT2D eigenvalue weighted by Crippen LogP contribution is -2.53. The standard InChI is InChI=1S/C30H32Cl2F3N3O4S/c1-5-27(29(40)36-19(2)3)37(17-21-11-14-25(31)26(32)15-21)28(39)18-38(23-8-6-7-22(16-23)30(33,34)35)43(41,42)24-12-9-20(4)10-13-24/h6-16,19,27H,5,17-18H2,1-4H3,(H,36,40)/t27-/m0/s1. The molecule has 0 aliphatic rings. The Morgan fingerprint density at radius 2 is 1.60 bits per heavy atom. The van der Waals surface area contributed by atoms with Gasteiger partial charge in [0.15, 0.2) is 0 Å². The molecule has 1 N–H and O–H groups in total. The Kier molecular flexibility index (Phi) is 11.1. The average molecular weight is 659 g/mol. The number of aryl methyl sites for hydroxylation is 1. The monoisotopic (exact) mass is 657 g/mol. The molecule has 13 heteroatoms. The predicted molar refractivity (Wildman–Crippen MR) is 162 cm³/mol. The van der Waals surface area contributed by atoms with Crippen LogP contribution < -0.4 is 9.62 Å². The Bertz CT molecular complexity index is 1570. The number of anilines is 1. The van der Waals surface area contributed by atoms with Gasteiger partial charge in [-0.1, -0.05) is 60.0 Å². The molecule has 0 aromatic heterocycles. The molecule has 0 aliphatic heterocycles. The number of alkyl halides is 3. The van der Waals surface area contributed by atoms with Gasteiger partial charge in [-0.15, -0.1) is 0 Å². The summed E-state index contributed by atoms with van der Waals surface area (Å²) in [5, 5.41) is 3.25.